The van der Waals surface area contributed by atoms with Gasteiger partial charge in [-0.1, -0.05) is 18.6 Å². The van der Waals surface area contributed by atoms with Crippen LogP contribution in [0, 0.1) is 11.8 Å². The van der Waals surface area contributed by atoms with E-state index < -0.39 is 0 Å². The zero-order chi connectivity index (χ0) is 25.2. The van der Waals surface area contributed by atoms with Gasteiger partial charge in [0.15, 0.2) is 0 Å². The highest BCUT2D eigenvalue weighted by molar-refractivity contribution is 9.10. The molecule has 6 rings (SSSR count). The summed E-state index contributed by atoms with van der Waals surface area (Å²) < 4.78 is 6.44. The van der Waals surface area contributed by atoms with Gasteiger partial charge in [-0.3, -0.25) is 4.90 Å². The van der Waals surface area contributed by atoms with Crippen LogP contribution in [0.5, 0.6) is 0 Å². The average molecular weight is 568 g/mol. The summed E-state index contributed by atoms with van der Waals surface area (Å²) in [5.41, 5.74) is 3.95. The number of morpholine rings is 1. The van der Waals surface area contributed by atoms with Crippen molar-refractivity contribution in [3.05, 3.63) is 46.6 Å². The number of nitrogens with zero attached hydrogens (tertiary/aromatic N) is 4. The Morgan fingerprint density at radius 1 is 1.00 bits per heavy atom. The molecule has 1 saturated carbocycles. The summed E-state index contributed by atoms with van der Waals surface area (Å²) in [5, 5.41) is 7.19. The van der Waals surface area contributed by atoms with Crippen molar-refractivity contribution in [2.24, 2.45) is 11.8 Å². The van der Waals surface area contributed by atoms with Crippen LogP contribution in [-0.4, -0.2) is 66.3 Å². The molecule has 4 aliphatic rings. The highest BCUT2D eigenvalue weighted by atomic mass is 79.9. The summed E-state index contributed by atoms with van der Waals surface area (Å²) in [4.78, 5) is 14.5. The topological polar surface area (TPSA) is 65.6 Å². The van der Waals surface area contributed by atoms with E-state index in [1.54, 1.807) is 5.57 Å². The van der Waals surface area contributed by atoms with E-state index in [0.717, 1.165) is 55.4 Å². The van der Waals surface area contributed by atoms with E-state index in [1.807, 2.05) is 6.20 Å². The Morgan fingerprint density at radius 3 is 2.57 bits per heavy atom. The molecule has 8 heteroatoms. The molecule has 2 aliphatic carbocycles. The zero-order valence-corrected chi connectivity index (χ0v) is 23.4. The second-order valence-corrected chi connectivity index (χ2v) is 12.0. The molecule has 2 aliphatic heterocycles. The Bertz CT molecular complexity index is 1090. The molecular formula is C29H39BrN6O. The van der Waals surface area contributed by atoms with Crippen molar-refractivity contribution < 1.29 is 4.74 Å². The quantitative estimate of drug-likeness (QED) is 0.426. The van der Waals surface area contributed by atoms with Crippen LogP contribution >= 0.6 is 15.9 Å². The molecule has 2 bridgehead atoms. The van der Waals surface area contributed by atoms with Crippen molar-refractivity contribution in [1.82, 2.24) is 14.9 Å². The van der Waals surface area contributed by atoms with E-state index >= 15 is 0 Å². The number of rotatable bonds is 6. The third-order valence-electron chi connectivity index (χ3n) is 8.76. The molecule has 0 spiro atoms. The Hall–Kier alpha value is -2.16. The average Bonchev–Trinajstić information content (AvgIpc) is 2.94. The summed E-state index contributed by atoms with van der Waals surface area (Å²) in [6, 6.07) is 9.86. The summed E-state index contributed by atoms with van der Waals surface area (Å²) in [6.07, 6.45) is 11.7. The number of allylic oxidation sites excluding steroid dienone is 2. The molecule has 2 aromatic rings. The number of ether oxygens (including phenoxy) is 1. The number of aromatic nitrogens is 2. The minimum Gasteiger partial charge on any atom is -0.379 e. The number of anilines is 4. The fourth-order valence-electron chi connectivity index (χ4n) is 6.77. The first-order valence-corrected chi connectivity index (χ1v) is 14.8. The van der Waals surface area contributed by atoms with Crippen molar-refractivity contribution >= 4 is 39.1 Å². The lowest BCUT2D eigenvalue weighted by Crippen LogP contribution is -2.49. The highest BCUT2D eigenvalue weighted by Gasteiger charge is 2.35. The molecule has 198 valence electrons. The third kappa shape index (κ3) is 5.81. The molecule has 3 atom stereocenters. The fourth-order valence-corrected chi connectivity index (χ4v) is 7.07. The van der Waals surface area contributed by atoms with Crippen LogP contribution in [0.3, 0.4) is 0 Å². The minimum atomic E-state index is 0.447. The first-order chi connectivity index (χ1) is 18.1. The number of nitrogens with one attached hydrogen (secondary N) is 2. The van der Waals surface area contributed by atoms with Crippen LogP contribution in [-0.2, 0) is 4.74 Å². The fraction of sp³-hybridized carbons (Fsp3) is 0.586. The van der Waals surface area contributed by atoms with Gasteiger partial charge in [-0.15, -0.1) is 0 Å². The second-order valence-electron chi connectivity index (χ2n) is 11.2. The number of hydrogen-bond donors (Lipinski definition) is 2. The predicted octanol–water partition coefficient (Wildman–Crippen LogP) is 5.83. The summed E-state index contributed by atoms with van der Waals surface area (Å²) in [6.45, 7) is 8.51. The SMILES string of the molecule is CC1CC2=CCCC(C2)C1Nc1nc(Nc2ccc(N3CCC(N4CCOCC4)CC3)cc2)ncc1Br. The number of halogens is 1. The third-order valence-corrected chi connectivity index (χ3v) is 9.34. The van der Waals surface area contributed by atoms with Gasteiger partial charge < -0.3 is 20.3 Å². The Labute approximate surface area is 229 Å². The molecule has 3 heterocycles. The smallest absolute Gasteiger partial charge is 0.229 e. The van der Waals surface area contributed by atoms with E-state index in [0.29, 0.717) is 29.9 Å². The minimum absolute atomic E-state index is 0.447. The van der Waals surface area contributed by atoms with Crippen LogP contribution < -0.4 is 15.5 Å². The molecule has 2 N–H and O–H groups in total. The highest BCUT2D eigenvalue weighted by Crippen LogP contribution is 2.41. The lowest BCUT2D eigenvalue weighted by molar-refractivity contribution is 0.0115. The van der Waals surface area contributed by atoms with Crippen molar-refractivity contribution in [2.45, 2.75) is 57.5 Å². The second kappa shape index (κ2) is 11.3. The lowest BCUT2D eigenvalue weighted by atomic mass is 9.70. The summed E-state index contributed by atoms with van der Waals surface area (Å²) >= 11 is 3.67. The van der Waals surface area contributed by atoms with Gasteiger partial charge in [0.25, 0.3) is 0 Å². The van der Waals surface area contributed by atoms with Gasteiger partial charge in [0.1, 0.15) is 5.82 Å². The number of hydrogen-bond acceptors (Lipinski definition) is 7. The maximum Gasteiger partial charge on any atom is 0.229 e. The molecule has 7 nitrogen and oxygen atoms in total. The van der Waals surface area contributed by atoms with Crippen molar-refractivity contribution in [1.29, 1.82) is 0 Å². The Balaban J connectivity index is 1.06. The molecule has 3 fully saturated rings. The van der Waals surface area contributed by atoms with Gasteiger partial charge in [-0.2, -0.15) is 4.98 Å². The van der Waals surface area contributed by atoms with Gasteiger partial charge in [-0.25, -0.2) is 4.98 Å². The van der Waals surface area contributed by atoms with Crippen LogP contribution in [0.4, 0.5) is 23.1 Å². The molecule has 1 aromatic heterocycles. The summed E-state index contributed by atoms with van der Waals surface area (Å²) in [5.74, 6) is 2.80. The van der Waals surface area contributed by atoms with E-state index in [-0.39, 0.29) is 0 Å². The zero-order valence-electron chi connectivity index (χ0n) is 21.8. The van der Waals surface area contributed by atoms with E-state index in [2.05, 4.69) is 78.6 Å². The van der Waals surface area contributed by atoms with Gasteiger partial charge in [-0.05, 0) is 90.6 Å². The van der Waals surface area contributed by atoms with Crippen LogP contribution in [0.15, 0.2) is 46.6 Å². The summed E-state index contributed by atoms with van der Waals surface area (Å²) in [7, 11) is 0. The van der Waals surface area contributed by atoms with Crippen LogP contribution in [0.25, 0.3) is 0 Å². The van der Waals surface area contributed by atoms with E-state index in [4.69, 9.17) is 9.72 Å². The lowest BCUT2D eigenvalue weighted by Gasteiger charge is -2.41. The van der Waals surface area contributed by atoms with Gasteiger partial charge in [0, 0.05) is 55.8 Å². The number of fused-ring (bicyclic) bond motifs is 2. The van der Waals surface area contributed by atoms with Crippen molar-refractivity contribution in [3.8, 4) is 0 Å². The molecule has 37 heavy (non-hydrogen) atoms. The molecular weight excluding hydrogens is 528 g/mol. The van der Waals surface area contributed by atoms with Crippen LogP contribution in [0.2, 0.25) is 0 Å². The molecule has 0 amide bonds. The molecule has 2 saturated heterocycles. The maximum absolute atomic E-state index is 5.53. The largest absolute Gasteiger partial charge is 0.379 e. The number of benzene rings is 1. The molecule has 3 unspecified atom stereocenters. The van der Waals surface area contributed by atoms with Gasteiger partial charge in [0.2, 0.25) is 5.95 Å². The normalized spacial score (nSPS) is 27.0. The maximum atomic E-state index is 5.53. The Morgan fingerprint density at radius 2 is 1.78 bits per heavy atom. The van der Waals surface area contributed by atoms with E-state index in [1.165, 1.54) is 44.2 Å². The standard InChI is InChI=1S/C29H39BrN6O/c1-20-17-21-3-2-4-22(18-21)27(20)33-28-26(30)19-31-29(34-28)32-23-5-7-24(8-6-23)35-11-9-25(10-12-35)36-13-15-37-16-14-36/h3,5-8,19-20,22,25,27H,2,4,9-18H2,1H3,(H2,31,32,33,34). The molecule has 0 radical (unpaired) electrons. The predicted molar refractivity (Wildman–Crippen MR) is 154 cm³/mol. The monoisotopic (exact) mass is 566 g/mol. The van der Waals surface area contributed by atoms with E-state index in [9.17, 15) is 0 Å². The number of piperidine rings is 1. The van der Waals surface area contributed by atoms with Gasteiger partial charge in [0.05, 0.1) is 17.7 Å². The first-order valence-electron chi connectivity index (χ1n) is 14.0. The van der Waals surface area contributed by atoms with Crippen molar-refractivity contribution in [2.75, 3.05) is 54.9 Å². The Kier molecular flexibility index (Phi) is 7.67. The van der Waals surface area contributed by atoms with Crippen molar-refractivity contribution in [3.63, 3.8) is 0 Å². The van der Waals surface area contributed by atoms with Gasteiger partial charge >= 0.3 is 0 Å². The first kappa shape index (κ1) is 25.1. The van der Waals surface area contributed by atoms with Crippen LogP contribution in [0.1, 0.15) is 45.4 Å². The molecule has 1 aromatic carbocycles.